The maximum absolute atomic E-state index is 12.3. The highest BCUT2D eigenvalue weighted by atomic mass is 79.9. The predicted octanol–water partition coefficient (Wildman–Crippen LogP) is 5.96. The molecule has 32 heavy (non-hydrogen) atoms. The summed E-state index contributed by atoms with van der Waals surface area (Å²) in [4.78, 5) is 2.33. The molecule has 0 aromatic heterocycles. The number of sulfonamides is 1. The van der Waals surface area contributed by atoms with Gasteiger partial charge in [0.1, 0.15) is 6.61 Å². The molecule has 0 heterocycles. The molecule has 0 amide bonds. The van der Waals surface area contributed by atoms with Crippen molar-refractivity contribution < 1.29 is 17.9 Å². The molecule has 3 aromatic carbocycles. The Kier molecular flexibility index (Phi) is 8.05. The van der Waals surface area contributed by atoms with Crippen molar-refractivity contribution in [2.45, 2.75) is 18.4 Å². The zero-order chi connectivity index (χ0) is 23.3. The van der Waals surface area contributed by atoms with Crippen LogP contribution < -0.4 is 14.3 Å². The van der Waals surface area contributed by atoms with E-state index < -0.39 is 10.0 Å². The Morgan fingerprint density at radius 2 is 1.81 bits per heavy atom. The smallest absolute Gasteiger partial charge is 0.276 e. The van der Waals surface area contributed by atoms with E-state index in [1.54, 1.807) is 42.5 Å². The van der Waals surface area contributed by atoms with Crippen molar-refractivity contribution in [3.05, 3.63) is 85.8 Å². The van der Waals surface area contributed by atoms with Gasteiger partial charge in [0, 0.05) is 15.6 Å². The van der Waals surface area contributed by atoms with E-state index in [1.807, 2.05) is 6.92 Å². The Hall–Kier alpha value is -2.26. The molecule has 0 unspecified atom stereocenters. The first kappa shape index (κ1) is 24.4. The molecule has 10 heteroatoms. The largest absolute Gasteiger partial charge is 0.493 e. The van der Waals surface area contributed by atoms with Crippen LogP contribution in [0.15, 0.2) is 69.1 Å². The van der Waals surface area contributed by atoms with E-state index in [-0.39, 0.29) is 11.5 Å². The van der Waals surface area contributed by atoms with E-state index in [0.717, 1.165) is 11.1 Å². The first-order valence-corrected chi connectivity index (χ1v) is 12.3. The third kappa shape index (κ3) is 6.16. The van der Waals surface area contributed by atoms with Gasteiger partial charge in [-0.25, -0.2) is 4.83 Å². The number of hydrogen-bond acceptors (Lipinski definition) is 5. The number of rotatable bonds is 8. The van der Waals surface area contributed by atoms with Gasteiger partial charge in [0.25, 0.3) is 10.0 Å². The van der Waals surface area contributed by atoms with Crippen molar-refractivity contribution in [1.82, 2.24) is 4.83 Å². The van der Waals surface area contributed by atoms with Gasteiger partial charge in [-0.2, -0.15) is 13.5 Å². The van der Waals surface area contributed by atoms with Crippen molar-refractivity contribution >= 4 is 55.4 Å². The minimum Gasteiger partial charge on any atom is -0.493 e. The Morgan fingerprint density at radius 3 is 2.47 bits per heavy atom. The Morgan fingerprint density at radius 1 is 1.09 bits per heavy atom. The lowest BCUT2D eigenvalue weighted by molar-refractivity contribution is 0.282. The van der Waals surface area contributed by atoms with E-state index in [4.69, 9.17) is 32.7 Å². The van der Waals surface area contributed by atoms with Gasteiger partial charge in [0.15, 0.2) is 11.5 Å². The SMILES string of the molecule is COc1cc(/C=N\NS(=O)(=O)c2ccc(C)cc2)cc(Br)c1OCc1ccc(Cl)cc1Cl. The number of nitrogens with one attached hydrogen (secondary N) is 1. The average Bonchev–Trinajstić information content (AvgIpc) is 2.74. The molecule has 168 valence electrons. The maximum Gasteiger partial charge on any atom is 0.276 e. The van der Waals surface area contributed by atoms with Crippen LogP contribution in [0, 0.1) is 6.92 Å². The number of aryl methyl sites for hydroxylation is 1. The van der Waals surface area contributed by atoms with Crippen LogP contribution in [0.1, 0.15) is 16.7 Å². The Balaban J connectivity index is 1.74. The summed E-state index contributed by atoms with van der Waals surface area (Å²) in [5.74, 6) is 0.906. The second-order valence-corrected chi connectivity index (χ2v) is 10.1. The molecular formula is C22H19BrCl2N2O4S. The minimum absolute atomic E-state index is 0.128. The Bertz CT molecular complexity index is 1250. The summed E-state index contributed by atoms with van der Waals surface area (Å²) >= 11 is 15.6. The van der Waals surface area contributed by atoms with Crippen LogP contribution in [-0.4, -0.2) is 21.7 Å². The van der Waals surface area contributed by atoms with E-state index >= 15 is 0 Å². The van der Waals surface area contributed by atoms with Crippen molar-refractivity contribution in [2.24, 2.45) is 5.10 Å². The average molecular weight is 558 g/mol. The molecule has 3 aromatic rings. The fourth-order valence-electron chi connectivity index (χ4n) is 2.68. The third-order valence-corrected chi connectivity index (χ3v) is 6.77. The van der Waals surface area contributed by atoms with E-state index in [1.165, 1.54) is 25.5 Å². The minimum atomic E-state index is -3.77. The number of hydrazone groups is 1. The van der Waals surface area contributed by atoms with Crippen molar-refractivity contribution in [1.29, 1.82) is 0 Å². The summed E-state index contributed by atoms with van der Waals surface area (Å²) in [5.41, 5.74) is 2.32. The zero-order valence-electron chi connectivity index (χ0n) is 17.1. The van der Waals surface area contributed by atoms with Crippen LogP contribution in [0.5, 0.6) is 11.5 Å². The topological polar surface area (TPSA) is 77.0 Å². The van der Waals surface area contributed by atoms with Crippen LogP contribution >= 0.6 is 39.1 Å². The van der Waals surface area contributed by atoms with Crippen LogP contribution in [0.25, 0.3) is 0 Å². The highest BCUT2D eigenvalue weighted by Crippen LogP contribution is 2.37. The molecule has 1 N–H and O–H groups in total. The summed E-state index contributed by atoms with van der Waals surface area (Å²) in [5, 5.41) is 4.90. The molecular weight excluding hydrogens is 539 g/mol. The first-order chi connectivity index (χ1) is 15.2. The number of halogens is 3. The predicted molar refractivity (Wildman–Crippen MR) is 131 cm³/mol. The summed E-state index contributed by atoms with van der Waals surface area (Å²) in [6, 6.07) is 15.0. The van der Waals surface area contributed by atoms with Crippen LogP contribution in [-0.2, 0) is 16.6 Å². The van der Waals surface area contributed by atoms with Crippen LogP contribution in [0.4, 0.5) is 0 Å². The summed E-state index contributed by atoms with van der Waals surface area (Å²) in [6.07, 6.45) is 1.37. The lowest BCUT2D eigenvalue weighted by atomic mass is 10.2. The molecule has 0 radical (unpaired) electrons. The normalized spacial score (nSPS) is 11.5. The molecule has 6 nitrogen and oxygen atoms in total. The summed E-state index contributed by atoms with van der Waals surface area (Å²) in [7, 11) is -2.26. The highest BCUT2D eigenvalue weighted by Gasteiger charge is 2.14. The van der Waals surface area contributed by atoms with E-state index in [0.29, 0.717) is 31.6 Å². The molecule has 0 spiro atoms. The highest BCUT2D eigenvalue weighted by molar-refractivity contribution is 9.10. The molecule has 0 atom stereocenters. The van der Waals surface area contributed by atoms with Gasteiger partial charge < -0.3 is 9.47 Å². The zero-order valence-corrected chi connectivity index (χ0v) is 21.0. The number of methoxy groups -OCH3 is 1. The van der Waals surface area contributed by atoms with Gasteiger partial charge in [0.2, 0.25) is 0 Å². The number of benzene rings is 3. The molecule has 3 rings (SSSR count). The first-order valence-electron chi connectivity index (χ1n) is 9.25. The quantitative estimate of drug-likeness (QED) is 0.273. The van der Waals surface area contributed by atoms with Gasteiger partial charge in [-0.05, 0) is 64.8 Å². The standard InChI is InChI=1S/C22H19BrCl2N2O4S/c1-14-3-7-18(8-4-14)32(28,29)27-26-12-15-9-19(23)22(21(10-15)30-2)31-13-16-5-6-17(24)11-20(16)25/h3-12,27H,13H2,1-2H3/b26-12-. The van der Waals surface area contributed by atoms with Gasteiger partial charge >= 0.3 is 0 Å². The van der Waals surface area contributed by atoms with Gasteiger partial charge in [0.05, 0.1) is 22.7 Å². The number of ether oxygens (including phenoxy) is 2. The number of nitrogens with zero attached hydrogens (tertiary/aromatic N) is 1. The summed E-state index contributed by atoms with van der Waals surface area (Å²) in [6.45, 7) is 2.08. The van der Waals surface area contributed by atoms with Gasteiger partial charge in [-0.15, -0.1) is 0 Å². The fourth-order valence-corrected chi connectivity index (χ4v) is 4.51. The van der Waals surface area contributed by atoms with E-state index in [2.05, 4.69) is 25.9 Å². The maximum atomic E-state index is 12.3. The third-order valence-electron chi connectivity index (χ3n) is 4.36. The molecule has 0 aliphatic rings. The van der Waals surface area contributed by atoms with Crippen molar-refractivity contribution in [3.63, 3.8) is 0 Å². The molecule has 0 aliphatic carbocycles. The summed E-state index contributed by atoms with van der Waals surface area (Å²) < 4.78 is 36.6. The number of hydrogen-bond donors (Lipinski definition) is 1. The second kappa shape index (κ2) is 10.6. The molecule has 0 aliphatic heterocycles. The van der Waals surface area contributed by atoms with Crippen LogP contribution in [0.3, 0.4) is 0 Å². The van der Waals surface area contributed by atoms with E-state index in [9.17, 15) is 8.42 Å². The molecule has 0 bridgehead atoms. The molecule has 0 saturated heterocycles. The van der Waals surface area contributed by atoms with Crippen LogP contribution in [0.2, 0.25) is 10.0 Å². The second-order valence-electron chi connectivity index (χ2n) is 6.72. The molecule has 0 fully saturated rings. The lowest BCUT2D eigenvalue weighted by Crippen LogP contribution is -2.18. The van der Waals surface area contributed by atoms with Gasteiger partial charge in [-0.1, -0.05) is 47.0 Å². The Labute approximate surface area is 205 Å². The lowest BCUT2D eigenvalue weighted by Gasteiger charge is -2.14. The van der Waals surface area contributed by atoms with Crippen molar-refractivity contribution in [3.8, 4) is 11.5 Å². The van der Waals surface area contributed by atoms with Gasteiger partial charge in [-0.3, -0.25) is 0 Å². The monoisotopic (exact) mass is 556 g/mol. The molecule has 0 saturated carbocycles. The van der Waals surface area contributed by atoms with Crippen molar-refractivity contribution in [2.75, 3.05) is 7.11 Å². The fraction of sp³-hybridized carbons (Fsp3) is 0.136.